The first-order valence-corrected chi connectivity index (χ1v) is 10.1. The zero-order chi connectivity index (χ0) is 22.6. The molecule has 0 aliphatic carbocycles. The molecule has 0 aliphatic heterocycles. The van der Waals surface area contributed by atoms with Crippen LogP contribution in [-0.4, -0.2) is 45.9 Å². The normalized spacial score (nSPS) is 12.8. The van der Waals surface area contributed by atoms with Crippen LogP contribution in [0.5, 0.6) is 5.75 Å². The van der Waals surface area contributed by atoms with Gasteiger partial charge in [0.05, 0.1) is 13.5 Å². The first-order valence-electron chi connectivity index (χ1n) is 8.62. The van der Waals surface area contributed by atoms with E-state index in [1.165, 1.54) is 6.07 Å². The molecule has 1 aromatic carbocycles. The average Bonchev–Trinajstić information content (AvgIpc) is 2.49. The SMILES string of the molecule is COC(=O)[C@H](CC(=O)O)NC(=O)CC(C)(C)c1c(C)cc(C)cc1OP(=O)(O)O. The van der Waals surface area contributed by atoms with E-state index in [-0.39, 0.29) is 12.2 Å². The van der Waals surface area contributed by atoms with Crippen LogP contribution in [0.3, 0.4) is 0 Å². The minimum atomic E-state index is -4.84. The number of nitrogens with one attached hydrogen (secondary N) is 1. The number of hydrogen-bond acceptors (Lipinski definition) is 6. The predicted molar refractivity (Wildman–Crippen MR) is 102 cm³/mol. The second kappa shape index (κ2) is 9.39. The van der Waals surface area contributed by atoms with Gasteiger partial charge in [-0.2, -0.15) is 0 Å². The van der Waals surface area contributed by atoms with Gasteiger partial charge in [-0.25, -0.2) is 9.36 Å². The van der Waals surface area contributed by atoms with Crippen molar-refractivity contribution in [2.24, 2.45) is 0 Å². The number of hydrogen-bond donors (Lipinski definition) is 4. The summed E-state index contributed by atoms with van der Waals surface area (Å²) in [4.78, 5) is 53.6. The summed E-state index contributed by atoms with van der Waals surface area (Å²) in [6, 6.07) is 1.89. The third-order valence-electron chi connectivity index (χ3n) is 4.14. The molecule has 0 aromatic heterocycles. The Balaban J connectivity index is 3.19. The Morgan fingerprint density at radius 2 is 1.79 bits per heavy atom. The molecule has 0 bridgehead atoms. The molecule has 0 saturated carbocycles. The number of carbonyl (C=O) groups is 3. The van der Waals surface area contributed by atoms with Gasteiger partial charge in [-0.15, -0.1) is 0 Å². The number of carbonyl (C=O) groups excluding carboxylic acids is 2. The molecule has 1 rings (SSSR count). The minimum absolute atomic E-state index is 0.0521. The van der Waals surface area contributed by atoms with Crippen LogP contribution in [-0.2, 0) is 29.1 Å². The van der Waals surface area contributed by atoms with Crippen molar-refractivity contribution in [2.75, 3.05) is 7.11 Å². The number of rotatable bonds is 9. The third kappa shape index (κ3) is 7.49. The lowest BCUT2D eigenvalue weighted by Gasteiger charge is -2.29. The number of methoxy groups -OCH3 is 1. The number of aryl methyl sites for hydroxylation is 2. The quantitative estimate of drug-likeness (QED) is 0.336. The van der Waals surface area contributed by atoms with Gasteiger partial charge in [0.2, 0.25) is 5.91 Å². The predicted octanol–water partition coefficient (Wildman–Crippen LogP) is 1.58. The molecule has 0 saturated heterocycles. The lowest BCUT2D eigenvalue weighted by Crippen LogP contribution is -2.44. The van der Waals surface area contributed by atoms with Gasteiger partial charge in [-0.1, -0.05) is 19.9 Å². The molecule has 162 valence electrons. The molecular formula is C18H26NO9P. The van der Waals surface area contributed by atoms with Crippen molar-refractivity contribution in [2.45, 2.75) is 52.0 Å². The van der Waals surface area contributed by atoms with Crippen molar-refractivity contribution >= 4 is 25.7 Å². The number of carboxylic acids is 1. The summed E-state index contributed by atoms with van der Waals surface area (Å²) in [6.07, 6.45) is -0.851. The van der Waals surface area contributed by atoms with Gasteiger partial charge in [0, 0.05) is 17.4 Å². The maximum Gasteiger partial charge on any atom is 0.524 e. The largest absolute Gasteiger partial charge is 0.524 e. The Labute approximate surface area is 168 Å². The zero-order valence-electron chi connectivity index (χ0n) is 16.9. The second-order valence-electron chi connectivity index (χ2n) is 7.34. The van der Waals surface area contributed by atoms with Gasteiger partial charge in [0.25, 0.3) is 0 Å². The Hall–Kier alpha value is -2.42. The maximum atomic E-state index is 12.5. The summed E-state index contributed by atoms with van der Waals surface area (Å²) in [5.41, 5.74) is 0.814. The van der Waals surface area contributed by atoms with Gasteiger partial charge >= 0.3 is 19.8 Å². The number of aliphatic carboxylic acids is 1. The molecule has 10 nitrogen and oxygen atoms in total. The third-order valence-corrected chi connectivity index (χ3v) is 4.57. The average molecular weight is 431 g/mol. The maximum absolute atomic E-state index is 12.5. The first-order chi connectivity index (χ1) is 13.2. The van der Waals surface area contributed by atoms with Crippen LogP contribution in [0.1, 0.15) is 43.4 Å². The Bertz CT molecular complexity index is 844. The fraction of sp³-hybridized carbons (Fsp3) is 0.500. The topological polar surface area (TPSA) is 159 Å². The molecule has 11 heteroatoms. The summed E-state index contributed by atoms with van der Waals surface area (Å²) in [7, 11) is -3.76. The van der Waals surface area contributed by atoms with Gasteiger partial charge < -0.3 is 19.7 Å². The van der Waals surface area contributed by atoms with E-state index >= 15 is 0 Å². The van der Waals surface area contributed by atoms with Crippen molar-refractivity contribution < 1.29 is 43.1 Å². The van der Waals surface area contributed by atoms with Gasteiger partial charge in [-0.3, -0.25) is 19.4 Å². The number of carboxylic acid groups (broad SMARTS) is 1. The summed E-state index contributed by atoms with van der Waals surface area (Å²) >= 11 is 0. The Kier molecular flexibility index (Phi) is 7.97. The van der Waals surface area contributed by atoms with E-state index in [1.54, 1.807) is 33.8 Å². The van der Waals surface area contributed by atoms with E-state index in [2.05, 4.69) is 10.1 Å². The fourth-order valence-electron chi connectivity index (χ4n) is 3.24. The van der Waals surface area contributed by atoms with Crippen LogP contribution < -0.4 is 9.84 Å². The lowest BCUT2D eigenvalue weighted by atomic mass is 9.78. The Morgan fingerprint density at radius 1 is 1.21 bits per heavy atom. The fourth-order valence-corrected chi connectivity index (χ4v) is 3.64. The van der Waals surface area contributed by atoms with Crippen LogP contribution in [0.2, 0.25) is 0 Å². The molecule has 0 spiro atoms. The van der Waals surface area contributed by atoms with Crippen LogP contribution in [0, 0.1) is 13.8 Å². The number of esters is 1. The highest BCUT2D eigenvalue weighted by molar-refractivity contribution is 7.46. The number of ether oxygens (including phenoxy) is 1. The standard InChI is InChI=1S/C18H26NO9P/c1-10-6-11(2)16(13(7-10)28-29(24,25)26)18(3,4)9-14(20)19-12(8-15(21)22)17(23)27-5/h6-7,12H,8-9H2,1-5H3,(H,19,20)(H,21,22)(H2,24,25,26)/t12-/m0/s1. The number of benzene rings is 1. The van der Waals surface area contributed by atoms with Crippen molar-refractivity contribution in [1.82, 2.24) is 5.32 Å². The summed E-state index contributed by atoms with van der Waals surface area (Å²) in [6.45, 7) is 6.79. The molecule has 29 heavy (non-hydrogen) atoms. The van der Waals surface area contributed by atoms with E-state index in [0.717, 1.165) is 7.11 Å². The van der Waals surface area contributed by atoms with E-state index in [4.69, 9.17) is 9.63 Å². The number of phosphoric ester groups is 1. The molecule has 4 N–H and O–H groups in total. The molecule has 1 atom stereocenters. The van der Waals surface area contributed by atoms with Crippen LogP contribution >= 0.6 is 7.82 Å². The highest BCUT2D eigenvalue weighted by Crippen LogP contribution is 2.45. The highest BCUT2D eigenvalue weighted by Gasteiger charge is 2.33. The van der Waals surface area contributed by atoms with Crippen LogP contribution in [0.15, 0.2) is 12.1 Å². The van der Waals surface area contributed by atoms with E-state index in [1.807, 2.05) is 0 Å². The summed E-state index contributed by atoms with van der Waals surface area (Å²) < 4.78 is 20.7. The van der Waals surface area contributed by atoms with Gasteiger partial charge in [0.15, 0.2) is 0 Å². The summed E-state index contributed by atoms with van der Waals surface area (Å²) in [5.74, 6) is -2.86. The molecular weight excluding hydrogens is 405 g/mol. The van der Waals surface area contributed by atoms with Crippen LogP contribution in [0.4, 0.5) is 0 Å². The molecule has 1 amide bonds. The van der Waals surface area contributed by atoms with Crippen molar-refractivity contribution in [3.05, 3.63) is 28.8 Å². The van der Waals surface area contributed by atoms with Crippen LogP contribution in [0.25, 0.3) is 0 Å². The molecule has 0 heterocycles. The molecule has 0 unspecified atom stereocenters. The Morgan fingerprint density at radius 3 is 2.28 bits per heavy atom. The monoisotopic (exact) mass is 431 g/mol. The van der Waals surface area contributed by atoms with Gasteiger partial charge in [0.1, 0.15) is 11.8 Å². The van der Waals surface area contributed by atoms with E-state index in [9.17, 15) is 28.7 Å². The second-order valence-corrected chi connectivity index (χ2v) is 8.50. The van der Waals surface area contributed by atoms with E-state index < -0.39 is 43.5 Å². The molecule has 0 radical (unpaired) electrons. The summed E-state index contributed by atoms with van der Waals surface area (Å²) in [5, 5.41) is 11.2. The zero-order valence-corrected chi connectivity index (χ0v) is 17.8. The van der Waals surface area contributed by atoms with Crippen molar-refractivity contribution in [3.63, 3.8) is 0 Å². The highest BCUT2D eigenvalue weighted by atomic mass is 31.2. The minimum Gasteiger partial charge on any atom is -0.481 e. The van der Waals surface area contributed by atoms with Gasteiger partial charge in [-0.05, 0) is 31.0 Å². The molecule has 0 fully saturated rings. The molecule has 0 aliphatic rings. The lowest BCUT2D eigenvalue weighted by molar-refractivity contribution is -0.149. The number of phosphoric acid groups is 1. The molecule has 1 aromatic rings. The van der Waals surface area contributed by atoms with E-state index in [0.29, 0.717) is 16.7 Å². The van der Waals surface area contributed by atoms with Crippen molar-refractivity contribution in [1.29, 1.82) is 0 Å². The smallest absolute Gasteiger partial charge is 0.481 e. The first kappa shape index (κ1) is 24.6. The number of amides is 1. The van der Waals surface area contributed by atoms with Crippen molar-refractivity contribution in [3.8, 4) is 5.75 Å².